The molecule has 0 fully saturated rings. The minimum absolute atomic E-state index is 0.392. The Kier molecular flexibility index (Phi) is 6.79. The molecule has 144 valence electrons. The lowest BCUT2D eigenvalue weighted by atomic mass is 10.1. The average molecular weight is 388 g/mol. The lowest BCUT2D eigenvalue weighted by molar-refractivity contribution is -0.119. The molecule has 1 aromatic heterocycles. The van der Waals surface area contributed by atoms with E-state index in [1.54, 1.807) is 13.0 Å². The summed E-state index contributed by atoms with van der Waals surface area (Å²) in [7, 11) is 0. The fraction of sp³-hybridized carbons (Fsp3) is 0.368. The number of nitrogens with zero attached hydrogens (tertiary/aromatic N) is 3. The van der Waals surface area contributed by atoms with E-state index in [1.807, 2.05) is 55.7 Å². The number of carbonyl (C=O) groups is 2. The van der Waals surface area contributed by atoms with Gasteiger partial charge in [-0.25, -0.2) is 4.79 Å². The molecule has 0 spiro atoms. The molecule has 8 heteroatoms. The molecule has 0 saturated carbocycles. The number of aromatic nitrogens is 3. The van der Waals surface area contributed by atoms with Crippen LogP contribution in [0.5, 0.6) is 0 Å². The second kappa shape index (κ2) is 8.85. The number of hydrogen-bond acceptors (Lipinski definition) is 5. The zero-order valence-corrected chi connectivity index (χ0v) is 16.8. The predicted octanol–water partition coefficient (Wildman–Crippen LogP) is 3.24. The van der Waals surface area contributed by atoms with Gasteiger partial charge in [0.05, 0.1) is 5.25 Å². The maximum atomic E-state index is 12.3. The highest BCUT2D eigenvalue weighted by Gasteiger charge is 2.23. The van der Waals surface area contributed by atoms with E-state index in [0.29, 0.717) is 17.5 Å². The molecular weight excluding hydrogens is 362 g/mol. The van der Waals surface area contributed by atoms with Gasteiger partial charge in [-0.15, -0.1) is 16.8 Å². The molecule has 1 heterocycles. The summed E-state index contributed by atoms with van der Waals surface area (Å²) in [4.78, 5) is 24.2. The van der Waals surface area contributed by atoms with Gasteiger partial charge in [-0.2, -0.15) is 0 Å². The standard InChI is InChI=1S/C19H25N5O2S/c1-6-12-24-15(14-10-8-7-9-11-14)22-23-18(24)27-13(2)16(25)20-17(26)21-19(3,4)5/h6-11,13H,1,12H2,2-5H3,(H2,20,21,25,26)/t13-/m1/s1. The minimum Gasteiger partial charge on any atom is -0.333 e. The molecule has 2 rings (SSSR count). The molecular formula is C19H25N5O2S. The SMILES string of the molecule is C=CCn1c(S[C@H](C)C(=O)NC(=O)NC(C)(C)C)nnc1-c1ccccc1. The molecule has 0 aliphatic carbocycles. The van der Waals surface area contributed by atoms with Gasteiger partial charge in [-0.1, -0.05) is 48.2 Å². The fourth-order valence-electron chi connectivity index (χ4n) is 2.27. The molecule has 0 saturated heterocycles. The highest BCUT2D eigenvalue weighted by Crippen LogP contribution is 2.26. The van der Waals surface area contributed by atoms with Crippen LogP contribution in [0.2, 0.25) is 0 Å². The van der Waals surface area contributed by atoms with Crippen molar-refractivity contribution in [2.24, 2.45) is 0 Å². The Morgan fingerprint density at radius 2 is 1.93 bits per heavy atom. The fourth-order valence-corrected chi connectivity index (χ4v) is 3.13. The highest BCUT2D eigenvalue weighted by molar-refractivity contribution is 8.00. The first kappa shape index (κ1) is 20.7. The summed E-state index contributed by atoms with van der Waals surface area (Å²) in [5.41, 5.74) is 0.510. The normalized spacial score (nSPS) is 12.3. The quantitative estimate of drug-likeness (QED) is 0.587. The Labute approximate surface area is 163 Å². The smallest absolute Gasteiger partial charge is 0.321 e. The van der Waals surface area contributed by atoms with Crippen LogP contribution in [-0.4, -0.2) is 37.5 Å². The number of imide groups is 1. The summed E-state index contributed by atoms with van der Waals surface area (Å²) in [6, 6.07) is 9.17. The number of thioether (sulfide) groups is 1. The van der Waals surface area contributed by atoms with Crippen LogP contribution in [0.1, 0.15) is 27.7 Å². The van der Waals surface area contributed by atoms with Crippen molar-refractivity contribution in [3.05, 3.63) is 43.0 Å². The van der Waals surface area contributed by atoms with Crippen molar-refractivity contribution >= 4 is 23.7 Å². The molecule has 0 aliphatic rings. The summed E-state index contributed by atoms with van der Waals surface area (Å²) < 4.78 is 1.89. The molecule has 0 unspecified atom stereocenters. The van der Waals surface area contributed by atoms with Gasteiger partial charge in [0, 0.05) is 17.6 Å². The van der Waals surface area contributed by atoms with E-state index in [2.05, 4.69) is 27.4 Å². The summed E-state index contributed by atoms with van der Waals surface area (Å²) in [5, 5.41) is 13.6. The van der Waals surface area contributed by atoms with E-state index in [4.69, 9.17) is 0 Å². The van der Waals surface area contributed by atoms with E-state index in [9.17, 15) is 9.59 Å². The van der Waals surface area contributed by atoms with Crippen LogP contribution in [0.4, 0.5) is 4.79 Å². The van der Waals surface area contributed by atoms with E-state index in [-0.39, 0.29) is 0 Å². The summed E-state index contributed by atoms with van der Waals surface area (Å²) in [6.45, 7) is 11.6. The molecule has 0 aliphatic heterocycles. The first-order chi connectivity index (χ1) is 12.7. The zero-order chi connectivity index (χ0) is 20.0. The lowest BCUT2D eigenvalue weighted by Crippen LogP contribution is -2.49. The third-order valence-corrected chi connectivity index (χ3v) is 4.52. The molecule has 0 radical (unpaired) electrons. The number of rotatable bonds is 6. The summed E-state index contributed by atoms with van der Waals surface area (Å²) >= 11 is 1.24. The van der Waals surface area contributed by atoms with E-state index < -0.39 is 22.7 Å². The third kappa shape index (κ3) is 5.96. The second-order valence-electron chi connectivity index (χ2n) is 7.02. The van der Waals surface area contributed by atoms with Gasteiger partial charge in [-0.3, -0.25) is 14.7 Å². The Balaban J connectivity index is 2.12. The first-order valence-electron chi connectivity index (χ1n) is 8.60. The second-order valence-corrected chi connectivity index (χ2v) is 8.33. The maximum absolute atomic E-state index is 12.3. The maximum Gasteiger partial charge on any atom is 0.321 e. The van der Waals surface area contributed by atoms with Crippen molar-refractivity contribution in [3.8, 4) is 11.4 Å². The van der Waals surface area contributed by atoms with Gasteiger partial charge in [0.2, 0.25) is 5.91 Å². The minimum atomic E-state index is -0.521. The van der Waals surface area contributed by atoms with Crippen LogP contribution in [0.3, 0.4) is 0 Å². The van der Waals surface area contributed by atoms with Crippen LogP contribution in [0, 0.1) is 0 Å². The monoisotopic (exact) mass is 387 g/mol. The van der Waals surface area contributed by atoms with Crippen LogP contribution < -0.4 is 10.6 Å². The number of amides is 3. The summed E-state index contributed by atoms with van der Waals surface area (Å²) in [5.74, 6) is 0.312. The molecule has 2 aromatic rings. The predicted molar refractivity (Wildman–Crippen MR) is 107 cm³/mol. The van der Waals surface area contributed by atoms with Crippen LogP contribution >= 0.6 is 11.8 Å². The van der Waals surface area contributed by atoms with Gasteiger partial charge in [-0.05, 0) is 27.7 Å². The Morgan fingerprint density at radius 1 is 1.26 bits per heavy atom. The van der Waals surface area contributed by atoms with Crippen molar-refractivity contribution < 1.29 is 9.59 Å². The highest BCUT2D eigenvalue weighted by atomic mass is 32.2. The largest absolute Gasteiger partial charge is 0.333 e. The third-order valence-electron chi connectivity index (χ3n) is 3.44. The Hall–Kier alpha value is -2.61. The molecule has 1 aromatic carbocycles. The average Bonchev–Trinajstić information content (AvgIpc) is 2.96. The van der Waals surface area contributed by atoms with Gasteiger partial charge in [0.15, 0.2) is 11.0 Å². The van der Waals surface area contributed by atoms with Gasteiger partial charge >= 0.3 is 6.03 Å². The molecule has 1 atom stereocenters. The van der Waals surface area contributed by atoms with Crippen LogP contribution in [-0.2, 0) is 11.3 Å². The van der Waals surface area contributed by atoms with Gasteiger partial charge in [0.25, 0.3) is 0 Å². The molecule has 7 nitrogen and oxygen atoms in total. The number of benzene rings is 1. The van der Waals surface area contributed by atoms with Crippen molar-refractivity contribution in [2.75, 3.05) is 0 Å². The molecule has 27 heavy (non-hydrogen) atoms. The van der Waals surface area contributed by atoms with E-state index in [0.717, 1.165) is 5.56 Å². The van der Waals surface area contributed by atoms with E-state index >= 15 is 0 Å². The van der Waals surface area contributed by atoms with Crippen LogP contribution in [0.25, 0.3) is 11.4 Å². The topological polar surface area (TPSA) is 88.9 Å². The number of urea groups is 1. The van der Waals surface area contributed by atoms with Crippen molar-refractivity contribution in [3.63, 3.8) is 0 Å². The zero-order valence-electron chi connectivity index (χ0n) is 16.0. The van der Waals surface area contributed by atoms with Gasteiger partial charge < -0.3 is 5.32 Å². The molecule has 0 bridgehead atoms. The van der Waals surface area contributed by atoms with Crippen molar-refractivity contribution in [1.82, 2.24) is 25.4 Å². The number of carbonyl (C=O) groups excluding carboxylic acids is 2. The first-order valence-corrected chi connectivity index (χ1v) is 9.48. The number of nitrogens with one attached hydrogen (secondary N) is 2. The Bertz CT molecular complexity index is 811. The number of allylic oxidation sites excluding steroid dienone is 1. The van der Waals surface area contributed by atoms with E-state index in [1.165, 1.54) is 11.8 Å². The number of hydrogen-bond donors (Lipinski definition) is 2. The van der Waals surface area contributed by atoms with Gasteiger partial charge in [0.1, 0.15) is 0 Å². The van der Waals surface area contributed by atoms with Crippen molar-refractivity contribution in [1.29, 1.82) is 0 Å². The summed E-state index contributed by atoms with van der Waals surface area (Å²) in [6.07, 6.45) is 1.75. The molecule has 3 amide bonds. The molecule has 2 N–H and O–H groups in total. The Morgan fingerprint density at radius 3 is 2.52 bits per heavy atom. The lowest BCUT2D eigenvalue weighted by Gasteiger charge is -2.21. The van der Waals surface area contributed by atoms with Crippen LogP contribution in [0.15, 0.2) is 48.1 Å². The van der Waals surface area contributed by atoms with Crippen molar-refractivity contribution in [2.45, 2.75) is 50.2 Å².